The molecule has 0 saturated heterocycles. The van der Waals surface area contributed by atoms with E-state index in [-0.39, 0.29) is 11.8 Å². The Balaban J connectivity index is 1.03. The summed E-state index contributed by atoms with van der Waals surface area (Å²) in [5, 5.41) is 0. The van der Waals surface area contributed by atoms with Gasteiger partial charge in [-0.1, -0.05) is 216 Å². The van der Waals surface area contributed by atoms with E-state index < -0.39 is 0 Å². The zero-order chi connectivity index (χ0) is 35.9. The van der Waals surface area contributed by atoms with E-state index in [4.69, 9.17) is 0 Å². The van der Waals surface area contributed by atoms with Crippen LogP contribution in [-0.4, -0.2) is 0 Å². The van der Waals surface area contributed by atoms with Crippen LogP contribution in [0, 0.1) is 27.7 Å². The molecule has 0 amide bonds. The highest BCUT2D eigenvalue weighted by molar-refractivity contribution is 5.73. The summed E-state index contributed by atoms with van der Waals surface area (Å²) < 4.78 is 0. The standard InChI is InChI=1S/C52H46/c1-37-9-5-13-47(33-37)51(48-14-6-10-38(2)34-48)45-29-25-43(26-30-45)23-21-41-17-19-42(20-18-41)22-24-44-27-31-46(32-28-44)52(49-15-7-11-39(3)35-49)50-16-8-12-40(4)36-50/h5-36,51-52H,1-4H3. The van der Waals surface area contributed by atoms with Crippen molar-refractivity contribution in [3.63, 3.8) is 0 Å². The van der Waals surface area contributed by atoms with Gasteiger partial charge < -0.3 is 0 Å². The summed E-state index contributed by atoms with van der Waals surface area (Å²) in [5.74, 6) is 0.399. The third-order valence-electron chi connectivity index (χ3n) is 9.91. The largest absolute Gasteiger partial charge is 0.0617 e. The summed E-state index contributed by atoms with van der Waals surface area (Å²) in [6.07, 6.45) is 8.79. The van der Waals surface area contributed by atoms with Crippen LogP contribution in [0.4, 0.5) is 0 Å². The fraction of sp³-hybridized carbons (Fsp3) is 0.115. The third-order valence-corrected chi connectivity index (χ3v) is 9.91. The van der Waals surface area contributed by atoms with Crippen molar-refractivity contribution in [2.75, 3.05) is 0 Å². The van der Waals surface area contributed by atoms with Crippen molar-refractivity contribution in [2.45, 2.75) is 39.5 Å². The van der Waals surface area contributed by atoms with Crippen LogP contribution >= 0.6 is 0 Å². The quantitative estimate of drug-likeness (QED) is 0.100. The van der Waals surface area contributed by atoms with Gasteiger partial charge in [-0.25, -0.2) is 0 Å². The lowest BCUT2D eigenvalue weighted by molar-refractivity contribution is 0.971. The Morgan fingerprint density at radius 1 is 0.269 bits per heavy atom. The van der Waals surface area contributed by atoms with Gasteiger partial charge in [-0.2, -0.15) is 0 Å². The maximum atomic E-state index is 2.31. The molecule has 7 rings (SSSR count). The van der Waals surface area contributed by atoms with Crippen LogP contribution in [0.3, 0.4) is 0 Å². The van der Waals surface area contributed by atoms with Crippen molar-refractivity contribution in [1.29, 1.82) is 0 Å². The number of rotatable bonds is 10. The topological polar surface area (TPSA) is 0 Å². The van der Waals surface area contributed by atoms with E-state index in [0.29, 0.717) is 0 Å². The van der Waals surface area contributed by atoms with E-state index >= 15 is 0 Å². The fourth-order valence-electron chi connectivity index (χ4n) is 7.26. The maximum absolute atomic E-state index is 2.31. The Bertz CT molecular complexity index is 2060. The maximum Gasteiger partial charge on any atom is 0.0340 e. The first-order valence-electron chi connectivity index (χ1n) is 18.3. The second kappa shape index (κ2) is 15.9. The first-order valence-corrected chi connectivity index (χ1v) is 18.3. The minimum atomic E-state index is 0.200. The summed E-state index contributed by atoms with van der Waals surface area (Å²) in [6, 6.07) is 62.4. The molecule has 0 heteroatoms. The van der Waals surface area contributed by atoms with Gasteiger partial charge in [0.1, 0.15) is 0 Å². The van der Waals surface area contributed by atoms with Gasteiger partial charge in [0.25, 0.3) is 0 Å². The van der Waals surface area contributed by atoms with Crippen molar-refractivity contribution >= 4 is 24.3 Å². The minimum absolute atomic E-state index is 0.200. The average molecular weight is 671 g/mol. The summed E-state index contributed by atoms with van der Waals surface area (Å²) in [7, 11) is 0. The molecule has 0 spiro atoms. The normalized spacial score (nSPS) is 11.7. The van der Waals surface area contributed by atoms with Crippen LogP contribution < -0.4 is 0 Å². The Morgan fingerprint density at radius 3 is 0.731 bits per heavy atom. The molecule has 7 aromatic carbocycles. The Kier molecular flexibility index (Phi) is 10.6. The number of benzene rings is 7. The van der Waals surface area contributed by atoms with Gasteiger partial charge in [-0.05, 0) is 83.3 Å². The molecule has 0 radical (unpaired) electrons. The second-order valence-electron chi connectivity index (χ2n) is 14.2. The van der Waals surface area contributed by atoms with Crippen LogP contribution in [-0.2, 0) is 0 Å². The highest BCUT2D eigenvalue weighted by Gasteiger charge is 2.18. The summed E-state index contributed by atoms with van der Waals surface area (Å²) >= 11 is 0. The molecule has 0 bridgehead atoms. The van der Waals surface area contributed by atoms with Crippen molar-refractivity contribution in [3.05, 3.63) is 248 Å². The van der Waals surface area contributed by atoms with Crippen LogP contribution in [0.2, 0.25) is 0 Å². The number of hydrogen-bond donors (Lipinski definition) is 0. The predicted octanol–water partition coefficient (Wildman–Crippen LogP) is 13.6. The molecule has 0 saturated carbocycles. The average Bonchev–Trinajstić information content (AvgIpc) is 3.15. The lowest BCUT2D eigenvalue weighted by Gasteiger charge is -2.20. The van der Waals surface area contributed by atoms with Gasteiger partial charge >= 0.3 is 0 Å². The van der Waals surface area contributed by atoms with E-state index in [2.05, 4.69) is 222 Å². The highest BCUT2D eigenvalue weighted by atomic mass is 14.2. The minimum Gasteiger partial charge on any atom is -0.0617 e. The van der Waals surface area contributed by atoms with Crippen molar-refractivity contribution in [1.82, 2.24) is 0 Å². The summed E-state index contributed by atoms with van der Waals surface area (Å²) in [4.78, 5) is 0. The van der Waals surface area contributed by atoms with Crippen LogP contribution in [0.15, 0.2) is 170 Å². The molecule has 0 aliphatic rings. The molecular formula is C52H46. The SMILES string of the molecule is Cc1cccc(C(c2ccc(C=Cc3ccc(C=Cc4ccc(C(c5cccc(C)c5)c5cccc(C)c5)cc4)cc3)cc2)c2cccc(C)c2)c1. The smallest absolute Gasteiger partial charge is 0.0340 e. The van der Waals surface area contributed by atoms with Crippen molar-refractivity contribution in [2.24, 2.45) is 0 Å². The summed E-state index contributed by atoms with van der Waals surface area (Å²) in [6.45, 7) is 8.67. The first kappa shape index (κ1) is 34.5. The van der Waals surface area contributed by atoms with Gasteiger partial charge in [0.05, 0.1) is 0 Å². The van der Waals surface area contributed by atoms with Crippen LogP contribution in [0.25, 0.3) is 24.3 Å². The zero-order valence-electron chi connectivity index (χ0n) is 30.6. The Labute approximate surface area is 310 Å². The van der Waals surface area contributed by atoms with E-state index in [1.807, 2.05) is 0 Å². The van der Waals surface area contributed by atoms with E-state index in [0.717, 1.165) is 0 Å². The van der Waals surface area contributed by atoms with Crippen molar-refractivity contribution in [3.8, 4) is 0 Å². The van der Waals surface area contributed by atoms with Gasteiger partial charge in [0.15, 0.2) is 0 Å². The monoisotopic (exact) mass is 670 g/mol. The molecule has 254 valence electrons. The predicted molar refractivity (Wildman–Crippen MR) is 224 cm³/mol. The number of hydrogen-bond acceptors (Lipinski definition) is 0. The Hall–Kier alpha value is -5.98. The van der Waals surface area contributed by atoms with Crippen LogP contribution in [0.5, 0.6) is 0 Å². The molecule has 0 unspecified atom stereocenters. The van der Waals surface area contributed by atoms with Gasteiger partial charge in [0.2, 0.25) is 0 Å². The van der Waals surface area contributed by atoms with Crippen LogP contribution in [0.1, 0.15) is 89.7 Å². The molecule has 7 aromatic rings. The lowest BCUT2D eigenvalue weighted by atomic mass is 9.84. The molecule has 0 N–H and O–H groups in total. The van der Waals surface area contributed by atoms with Gasteiger partial charge in [0, 0.05) is 11.8 Å². The van der Waals surface area contributed by atoms with Crippen molar-refractivity contribution < 1.29 is 0 Å². The fourth-order valence-corrected chi connectivity index (χ4v) is 7.26. The second-order valence-corrected chi connectivity index (χ2v) is 14.2. The van der Waals surface area contributed by atoms with E-state index in [9.17, 15) is 0 Å². The molecule has 52 heavy (non-hydrogen) atoms. The first-order chi connectivity index (χ1) is 25.4. The molecule has 0 aliphatic heterocycles. The highest BCUT2D eigenvalue weighted by Crippen LogP contribution is 2.34. The molecular weight excluding hydrogens is 625 g/mol. The summed E-state index contributed by atoms with van der Waals surface area (Å²) in [5.41, 5.74) is 17.8. The van der Waals surface area contributed by atoms with E-state index in [1.54, 1.807) is 0 Å². The molecule has 0 fully saturated rings. The lowest BCUT2D eigenvalue weighted by Crippen LogP contribution is -2.04. The van der Waals surface area contributed by atoms with E-state index in [1.165, 1.54) is 77.9 Å². The molecule has 0 atom stereocenters. The number of aryl methyl sites for hydroxylation is 4. The van der Waals surface area contributed by atoms with Gasteiger partial charge in [-0.3, -0.25) is 0 Å². The zero-order valence-corrected chi connectivity index (χ0v) is 30.6. The molecule has 0 nitrogen and oxygen atoms in total. The molecule has 0 aromatic heterocycles. The molecule has 0 heterocycles. The molecule has 0 aliphatic carbocycles. The third kappa shape index (κ3) is 8.48. The Morgan fingerprint density at radius 2 is 0.500 bits per heavy atom. The van der Waals surface area contributed by atoms with Gasteiger partial charge in [-0.15, -0.1) is 0 Å².